The van der Waals surface area contributed by atoms with Gasteiger partial charge in [0.25, 0.3) is 0 Å². The third-order valence-corrected chi connectivity index (χ3v) is 1.75. The van der Waals surface area contributed by atoms with Crippen LogP contribution in [0.15, 0.2) is 0 Å². The third kappa shape index (κ3) is 0.892. The van der Waals surface area contributed by atoms with Crippen LogP contribution in [0.25, 0.3) is 0 Å². The van der Waals surface area contributed by atoms with Crippen LogP contribution in [0, 0.1) is 11.8 Å². The van der Waals surface area contributed by atoms with Crippen LogP contribution in [0.2, 0.25) is 0 Å². The zero-order valence-corrected chi connectivity index (χ0v) is 5.05. The molecule has 0 aromatic rings. The highest BCUT2D eigenvalue weighted by atomic mass is 16.1. The van der Waals surface area contributed by atoms with Gasteiger partial charge in [0.2, 0.25) is 0 Å². The summed E-state index contributed by atoms with van der Waals surface area (Å²) in [5.41, 5.74) is 5.31. The second-order valence-electron chi connectivity index (χ2n) is 2.45. The molecule has 1 saturated carbocycles. The quantitative estimate of drug-likeness (QED) is 0.554. The second-order valence-corrected chi connectivity index (χ2v) is 2.45. The Balaban J connectivity index is 2.26. The van der Waals surface area contributed by atoms with Crippen LogP contribution < -0.4 is 5.73 Å². The summed E-state index contributed by atoms with van der Waals surface area (Å²) in [5.74, 6) is 1.15. The van der Waals surface area contributed by atoms with Crippen LogP contribution in [-0.4, -0.2) is 12.3 Å². The van der Waals surface area contributed by atoms with Crippen molar-refractivity contribution in [1.82, 2.24) is 0 Å². The fourth-order valence-corrected chi connectivity index (χ4v) is 1.01. The van der Waals surface area contributed by atoms with E-state index in [-0.39, 0.29) is 0 Å². The fraction of sp³-hybridized carbons (Fsp3) is 0.833. The van der Waals surface area contributed by atoms with Crippen LogP contribution in [0.5, 0.6) is 0 Å². The topological polar surface area (TPSA) is 43.1 Å². The molecule has 1 aliphatic rings. The Morgan fingerprint density at radius 3 is 2.62 bits per heavy atom. The number of rotatable bonds is 2. The van der Waals surface area contributed by atoms with Gasteiger partial charge in [-0.1, -0.05) is 0 Å². The standard InChI is InChI=1S/C6H11NO/c1-4(8)6-2-5(6)3-7/h5-6H,2-3,7H2,1H3. The van der Waals surface area contributed by atoms with Crippen molar-refractivity contribution >= 4 is 5.78 Å². The van der Waals surface area contributed by atoms with E-state index in [4.69, 9.17) is 5.73 Å². The van der Waals surface area contributed by atoms with E-state index in [0.29, 0.717) is 24.2 Å². The van der Waals surface area contributed by atoms with E-state index in [1.165, 1.54) is 0 Å². The van der Waals surface area contributed by atoms with Crippen molar-refractivity contribution in [2.24, 2.45) is 17.6 Å². The summed E-state index contributed by atoms with van der Waals surface area (Å²) in [6.07, 6.45) is 1.03. The van der Waals surface area contributed by atoms with Crippen molar-refractivity contribution < 1.29 is 4.79 Å². The Kier molecular flexibility index (Phi) is 1.34. The van der Waals surface area contributed by atoms with Gasteiger partial charge in [-0.2, -0.15) is 0 Å². The molecule has 2 heteroatoms. The molecule has 0 aromatic heterocycles. The molecule has 0 saturated heterocycles. The highest BCUT2D eigenvalue weighted by Gasteiger charge is 2.38. The van der Waals surface area contributed by atoms with E-state index in [1.807, 2.05) is 0 Å². The van der Waals surface area contributed by atoms with Crippen LogP contribution >= 0.6 is 0 Å². The molecule has 0 amide bonds. The predicted octanol–water partition coefficient (Wildman–Crippen LogP) is 0.170. The summed E-state index contributed by atoms with van der Waals surface area (Å²) in [5, 5.41) is 0. The zero-order valence-electron chi connectivity index (χ0n) is 5.05. The van der Waals surface area contributed by atoms with Crippen LogP contribution in [0.1, 0.15) is 13.3 Å². The van der Waals surface area contributed by atoms with E-state index in [0.717, 1.165) is 6.42 Å². The minimum Gasteiger partial charge on any atom is -0.330 e. The lowest BCUT2D eigenvalue weighted by atomic mass is 10.2. The molecule has 1 aliphatic carbocycles. The second kappa shape index (κ2) is 1.86. The molecule has 8 heavy (non-hydrogen) atoms. The number of nitrogens with two attached hydrogens (primary N) is 1. The number of carbonyl (C=O) groups is 1. The Bertz CT molecular complexity index is 111. The Labute approximate surface area is 49.1 Å². The van der Waals surface area contributed by atoms with E-state index < -0.39 is 0 Å². The zero-order chi connectivity index (χ0) is 6.15. The lowest BCUT2D eigenvalue weighted by Gasteiger charge is -1.86. The Hall–Kier alpha value is -0.370. The van der Waals surface area contributed by atoms with E-state index >= 15 is 0 Å². The molecule has 0 heterocycles. The lowest BCUT2D eigenvalue weighted by Crippen LogP contribution is -2.05. The largest absolute Gasteiger partial charge is 0.330 e. The summed E-state index contributed by atoms with van der Waals surface area (Å²) >= 11 is 0. The molecule has 1 rings (SSSR count). The summed E-state index contributed by atoms with van der Waals surface area (Å²) in [6, 6.07) is 0. The summed E-state index contributed by atoms with van der Waals surface area (Å²) in [6.45, 7) is 2.32. The van der Waals surface area contributed by atoms with E-state index in [1.54, 1.807) is 6.92 Å². The first-order valence-corrected chi connectivity index (χ1v) is 2.96. The molecule has 0 aromatic carbocycles. The monoisotopic (exact) mass is 113 g/mol. The molecule has 2 nitrogen and oxygen atoms in total. The number of hydrogen-bond donors (Lipinski definition) is 1. The first kappa shape index (κ1) is 5.76. The molecule has 0 spiro atoms. The third-order valence-electron chi connectivity index (χ3n) is 1.75. The van der Waals surface area contributed by atoms with Gasteiger partial charge in [0.1, 0.15) is 5.78 Å². The SMILES string of the molecule is CC(=O)C1CC1CN. The van der Waals surface area contributed by atoms with Gasteiger partial charge < -0.3 is 5.73 Å². The first-order chi connectivity index (χ1) is 3.75. The van der Waals surface area contributed by atoms with Gasteiger partial charge in [0, 0.05) is 5.92 Å². The Morgan fingerprint density at radius 2 is 2.50 bits per heavy atom. The van der Waals surface area contributed by atoms with E-state index in [2.05, 4.69) is 0 Å². The van der Waals surface area contributed by atoms with E-state index in [9.17, 15) is 4.79 Å². The molecular formula is C6H11NO. The fourth-order valence-electron chi connectivity index (χ4n) is 1.01. The minimum absolute atomic E-state index is 0.306. The molecular weight excluding hydrogens is 102 g/mol. The molecule has 1 fully saturated rings. The van der Waals surface area contributed by atoms with Gasteiger partial charge in [0.05, 0.1) is 0 Å². The van der Waals surface area contributed by atoms with Crippen LogP contribution in [0.3, 0.4) is 0 Å². The van der Waals surface area contributed by atoms with Crippen molar-refractivity contribution in [2.75, 3.05) is 6.54 Å². The minimum atomic E-state index is 0.306. The number of ketones is 1. The smallest absolute Gasteiger partial charge is 0.133 e. The van der Waals surface area contributed by atoms with Gasteiger partial charge >= 0.3 is 0 Å². The van der Waals surface area contributed by atoms with Gasteiger partial charge in [0.15, 0.2) is 0 Å². The summed E-state index contributed by atoms with van der Waals surface area (Å²) in [4.78, 5) is 10.5. The van der Waals surface area contributed by atoms with Crippen molar-refractivity contribution in [1.29, 1.82) is 0 Å². The van der Waals surface area contributed by atoms with Crippen molar-refractivity contribution in [3.05, 3.63) is 0 Å². The van der Waals surface area contributed by atoms with Crippen molar-refractivity contribution in [2.45, 2.75) is 13.3 Å². The summed E-state index contributed by atoms with van der Waals surface area (Å²) < 4.78 is 0. The van der Waals surface area contributed by atoms with Gasteiger partial charge in [-0.25, -0.2) is 0 Å². The molecule has 46 valence electrons. The van der Waals surface area contributed by atoms with Crippen LogP contribution in [0.4, 0.5) is 0 Å². The first-order valence-electron chi connectivity index (χ1n) is 2.96. The lowest BCUT2D eigenvalue weighted by molar-refractivity contribution is -0.118. The van der Waals surface area contributed by atoms with Gasteiger partial charge in [-0.15, -0.1) is 0 Å². The Morgan fingerprint density at radius 1 is 1.88 bits per heavy atom. The van der Waals surface area contributed by atoms with Gasteiger partial charge in [-0.3, -0.25) is 4.79 Å². The number of hydrogen-bond acceptors (Lipinski definition) is 2. The average Bonchev–Trinajstić information content (AvgIpc) is 2.42. The average molecular weight is 113 g/mol. The van der Waals surface area contributed by atoms with Crippen molar-refractivity contribution in [3.8, 4) is 0 Å². The molecule has 2 unspecified atom stereocenters. The number of Topliss-reactive ketones (excluding diaryl/α,β-unsaturated/α-hetero) is 1. The molecule has 2 atom stereocenters. The highest BCUT2D eigenvalue weighted by Crippen LogP contribution is 2.37. The van der Waals surface area contributed by atoms with Crippen LogP contribution in [-0.2, 0) is 4.79 Å². The maximum Gasteiger partial charge on any atom is 0.133 e. The maximum absolute atomic E-state index is 10.5. The molecule has 0 radical (unpaired) electrons. The van der Waals surface area contributed by atoms with Gasteiger partial charge in [-0.05, 0) is 25.8 Å². The molecule has 2 N–H and O–H groups in total. The maximum atomic E-state index is 10.5. The van der Waals surface area contributed by atoms with Crippen molar-refractivity contribution in [3.63, 3.8) is 0 Å². The molecule has 0 bridgehead atoms. The molecule has 0 aliphatic heterocycles. The normalized spacial score (nSPS) is 34.8. The predicted molar refractivity (Wildman–Crippen MR) is 31.3 cm³/mol. The summed E-state index contributed by atoms with van der Waals surface area (Å²) in [7, 11) is 0. The number of carbonyl (C=O) groups excluding carboxylic acids is 1. The highest BCUT2D eigenvalue weighted by molar-refractivity contribution is 5.81.